The van der Waals surface area contributed by atoms with Crippen molar-refractivity contribution in [3.05, 3.63) is 60.2 Å². The van der Waals surface area contributed by atoms with Crippen LogP contribution in [-0.4, -0.2) is 35.8 Å². The number of carbonyl (C=O) groups excluding carboxylic acids is 1. The largest absolute Gasteiger partial charge is 0.497 e. The van der Waals surface area contributed by atoms with Crippen molar-refractivity contribution in [1.29, 1.82) is 0 Å². The predicted molar refractivity (Wildman–Crippen MR) is 106 cm³/mol. The predicted octanol–water partition coefficient (Wildman–Crippen LogP) is 3.75. The zero-order valence-corrected chi connectivity index (χ0v) is 15.7. The van der Waals surface area contributed by atoms with E-state index in [4.69, 9.17) is 4.74 Å². The van der Waals surface area contributed by atoms with E-state index < -0.39 is 11.9 Å². The quantitative estimate of drug-likeness (QED) is 0.707. The van der Waals surface area contributed by atoms with Gasteiger partial charge in [0.2, 0.25) is 5.91 Å². The summed E-state index contributed by atoms with van der Waals surface area (Å²) in [6.07, 6.45) is 4.20. The number of amides is 1. The summed E-state index contributed by atoms with van der Waals surface area (Å²) < 4.78 is 19.2. The molecule has 1 fully saturated rings. The Balaban J connectivity index is 1.52. The van der Waals surface area contributed by atoms with E-state index in [1.54, 1.807) is 23.2 Å². The number of aryl methyl sites for hydroxylation is 1. The van der Waals surface area contributed by atoms with E-state index in [0.717, 1.165) is 22.4 Å². The van der Waals surface area contributed by atoms with Crippen LogP contribution < -0.4 is 15.0 Å². The fourth-order valence-electron chi connectivity index (χ4n) is 3.54. The molecule has 4 rings (SSSR count). The Hall–Kier alpha value is -3.35. The first-order valence-corrected chi connectivity index (χ1v) is 9.08. The van der Waals surface area contributed by atoms with Crippen molar-refractivity contribution in [2.24, 2.45) is 0 Å². The molecule has 2 heterocycles. The Morgan fingerprint density at radius 3 is 2.86 bits per heavy atom. The number of hydrogen-bond acceptors (Lipinski definition) is 4. The number of aromatic nitrogens is 2. The van der Waals surface area contributed by atoms with E-state index in [1.165, 1.54) is 13.2 Å². The van der Waals surface area contributed by atoms with Crippen molar-refractivity contribution in [2.75, 3.05) is 23.9 Å². The number of H-pyrrole nitrogens is 1. The van der Waals surface area contributed by atoms with Crippen LogP contribution >= 0.6 is 0 Å². The maximum Gasteiger partial charge on any atom is 0.249 e. The van der Waals surface area contributed by atoms with Crippen LogP contribution in [0.4, 0.5) is 15.8 Å². The molecule has 1 atom stereocenters. The van der Waals surface area contributed by atoms with Crippen LogP contribution in [0.1, 0.15) is 12.0 Å². The van der Waals surface area contributed by atoms with Gasteiger partial charge >= 0.3 is 0 Å². The van der Waals surface area contributed by atoms with Gasteiger partial charge in [-0.1, -0.05) is 6.07 Å². The van der Waals surface area contributed by atoms with Crippen LogP contribution in [0.15, 0.2) is 48.8 Å². The number of hydrogen-bond donors (Lipinski definition) is 2. The molecule has 3 aromatic rings. The van der Waals surface area contributed by atoms with Gasteiger partial charge < -0.3 is 15.0 Å². The molecule has 0 spiro atoms. The zero-order chi connectivity index (χ0) is 19.7. The van der Waals surface area contributed by atoms with E-state index in [0.29, 0.717) is 18.7 Å². The Morgan fingerprint density at radius 1 is 1.29 bits per heavy atom. The molecule has 2 aromatic carbocycles. The SMILES string of the molecule is COc1ccc(F)c(NC2CCN(c3ccc(-c4cn[nH]c4)c(C)c3)C2=O)c1. The lowest BCUT2D eigenvalue weighted by molar-refractivity contribution is -0.117. The molecule has 1 saturated heterocycles. The van der Waals surface area contributed by atoms with Gasteiger partial charge in [0.25, 0.3) is 0 Å². The summed E-state index contributed by atoms with van der Waals surface area (Å²) in [6, 6.07) is 9.89. The van der Waals surface area contributed by atoms with E-state index in [9.17, 15) is 9.18 Å². The second kappa shape index (κ2) is 7.34. The first-order chi connectivity index (χ1) is 13.6. The molecule has 7 heteroatoms. The van der Waals surface area contributed by atoms with Gasteiger partial charge in [-0.15, -0.1) is 0 Å². The molecule has 0 saturated carbocycles. The van der Waals surface area contributed by atoms with Gasteiger partial charge in [-0.2, -0.15) is 5.10 Å². The highest BCUT2D eigenvalue weighted by Gasteiger charge is 2.33. The molecule has 1 aromatic heterocycles. The molecular formula is C21H21FN4O2. The maximum atomic E-state index is 14.1. The first-order valence-electron chi connectivity index (χ1n) is 9.08. The highest BCUT2D eigenvalue weighted by molar-refractivity contribution is 6.01. The zero-order valence-electron chi connectivity index (χ0n) is 15.7. The van der Waals surface area contributed by atoms with Crippen molar-refractivity contribution >= 4 is 17.3 Å². The molecule has 0 bridgehead atoms. The minimum Gasteiger partial charge on any atom is -0.497 e. The molecule has 1 aliphatic heterocycles. The topological polar surface area (TPSA) is 70.2 Å². The third-order valence-electron chi connectivity index (χ3n) is 5.04. The second-order valence-corrected chi connectivity index (χ2v) is 6.81. The van der Waals surface area contributed by atoms with Gasteiger partial charge in [0.15, 0.2) is 0 Å². The lowest BCUT2D eigenvalue weighted by atomic mass is 10.0. The summed E-state index contributed by atoms with van der Waals surface area (Å²) in [5, 5.41) is 9.82. The van der Waals surface area contributed by atoms with E-state index in [1.807, 2.05) is 31.3 Å². The van der Waals surface area contributed by atoms with Crippen LogP contribution in [0.5, 0.6) is 5.75 Å². The van der Waals surface area contributed by atoms with Crippen molar-refractivity contribution in [3.63, 3.8) is 0 Å². The van der Waals surface area contributed by atoms with E-state index in [2.05, 4.69) is 15.5 Å². The molecule has 1 aliphatic rings. The normalized spacial score (nSPS) is 16.5. The maximum absolute atomic E-state index is 14.1. The van der Waals surface area contributed by atoms with Gasteiger partial charge in [0.1, 0.15) is 17.6 Å². The van der Waals surface area contributed by atoms with Gasteiger partial charge in [-0.3, -0.25) is 9.89 Å². The molecule has 0 aliphatic carbocycles. The Bertz CT molecular complexity index is 1000. The van der Waals surface area contributed by atoms with Crippen molar-refractivity contribution in [3.8, 4) is 16.9 Å². The van der Waals surface area contributed by atoms with Gasteiger partial charge in [-0.25, -0.2) is 4.39 Å². The monoisotopic (exact) mass is 380 g/mol. The average Bonchev–Trinajstić information content (AvgIpc) is 3.34. The van der Waals surface area contributed by atoms with Crippen LogP contribution in [0, 0.1) is 12.7 Å². The number of nitrogens with zero attached hydrogens (tertiary/aromatic N) is 2. The molecule has 0 radical (unpaired) electrons. The molecule has 144 valence electrons. The number of halogens is 1. The molecule has 1 amide bonds. The van der Waals surface area contributed by atoms with Crippen molar-refractivity contribution in [1.82, 2.24) is 10.2 Å². The fraction of sp³-hybridized carbons (Fsp3) is 0.238. The van der Waals surface area contributed by atoms with Crippen LogP contribution in [-0.2, 0) is 4.79 Å². The number of nitrogens with one attached hydrogen (secondary N) is 2. The molecular weight excluding hydrogens is 359 g/mol. The third-order valence-corrected chi connectivity index (χ3v) is 5.04. The molecule has 28 heavy (non-hydrogen) atoms. The van der Waals surface area contributed by atoms with Crippen LogP contribution in [0.2, 0.25) is 0 Å². The molecule has 6 nitrogen and oxygen atoms in total. The first kappa shape index (κ1) is 18.0. The van der Waals surface area contributed by atoms with Gasteiger partial charge in [-0.05, 0) is 48.7 Å². The molecule has 2 N–H and O–H groups in total. The standard InChI is InChI=1S/C21H21FN4O2/c1-13-9-15(3-5-17(13)14-11-23-24-12-14)26-8-7-19(21(26)27)25-20-10-16(28-2)4-6-18(20)22/h3-6,9-12,19,25H,7-8H2,1-2H3,(H,23,24). The Morgan fingerprint density at radius 2 is 2.14 bits per heavy atom. The number of aromatic amines is 1. The minimum atomic E-state index is -0.476. The Labute approximate surface area is 162 Å². The highest BCUT2D eigenvalue weighted by atomic mass is 19.1. The smallest absolute Gasteiger partial charge is 0.249 e. The summed E-state index contributed by atoms with van der Waals surface area (Å²) in [6.45, 7) is 2.58. The van der Waals surface area contributed by atoms with Crippen LogP contribution in [0.25, 0.3) is 11.1 Å². The third kappa shape index (κ3) is 3.31. The number of ether oxygens (including phenoxy) is 1. The number of benzene rings is 2. The van der Waals surface area contributed by atoms with Crippen molar-refractivity contribution in [2.45, 2.75) is 19.4 Å². The van der Waals surface area contributed by atoms with E-state index in [-0.39, 0.29) is 11.6 Å². The minimum absolute atomic E-state index is 0.0716. The highest BCUT2D eigenvalue weighted by Crippen LogP contribution is 2.30. The number of rotatable bonds is 5. The fourth-order valence-corrected chi connectivity index (χ4v) is 3.54. The van der Waals surface area contributed by atoms with Crippen molar-refractivity contribution < 1.29 is 13.9 Å². The van der Waals surface area contributed by atoms with Gasteiger partial charge in [0, 0.05) is 30.1 Å². The molecule has 1 unspecified atom stereocenters. The lowest BCUT2D eigenvalue weighted by Crippen LogP contribution is -2.33. The van der Waals surface area contributed by atoms with E-state index >= 15 is 0 Å². The van der Waals surface area contributed by atoms with Crippen LogP contribution in [0.3, 0.4) is 0 Å². The number of methoxy groups -OCH3 is 1. The number of carbonyl (C=O) groups is 1. The van der Waals surface area contributed by atoms with Gasteiger partial charge in [0.05, 0.1) is 19.0 Å². The summed E-state index contributed by atoms with van der Waals surface area (Å²) in [5.41, 5.74) is 4.24. The summed E-state index contributed by atoms with van der Waals surface area (Å²) in [7, 11) is 1.52. The summed E-state index contributed by atoms with van der Waals surface area (Å²) >= 11 is 0. The lowest BCUT2D eigenvalue weighted by Gasteiger charge is -2.19. The summed E-state index contributed by atoms with van der Waals surface area (Å²) in [5.74, 6) is 0.0571. The average molecular weight is 380 g/mol. The Kier molecular flexibility index (Phi) is 4.73. The number of anilines is 2. The second-order valence-electron chi connectivity index (χ2n) is 6.81. The summed E-state index contributed by atoms with van der Waals surface area (Å²) in [4.78, 5) is 14.6.